The highest BCUT2D eigenvalue weighted by atomic mass is 15.0. The van der Waals surface area contributed by atoms with Crippen molar-refractivity contribution in [1.29, 1.82) is 0 Å². The second-order valence-corrected chi connectivity index (χ2v) is 6.41. The Bertz CT molecular complexity index is 217. The maximum Gasteiger partial charge on any atom is 0.00817 e. The molecule has 1 saturated carbocycles. The largest absolute Gasteiger partial charge is 0.314 e. The monoisotopic (exact) mass is 238 g/mol. The molecule has 2 heteroatoms. The molecule has 1 aliphatic carbocycles. The molecule has 1 saturated heterocycles. The quantitative estimate of drug-likeness (QED) is 0.712. The molecule has 0 spiro atoms. The molecule has 1 heterocycles. The van der Waals surface area contributed by atoms with Crippen LogP contribution in [-0.4, -0.2) is 25.2 Å². The third kappa shape index (κ3) is 4.26. The molecule has 2 rings (SSSR count). The summed E-state index contributed by atoms with van der Waals surface area (Å²) in [5.41, 5.74) is 0.697. The first-order valence-electron chi connectivity index (χ1n) is 7.71. The van der Waals surface area contributed by atoms with Gasteiger partial charge in [0.1, 0.15) is 0 Å². The summed E-state index contributed by atoms with van der Waals surface area (Å²) in [5.74, 6) is 0. The second kappa shape index (κ2) is 6.19. The molecule has 17 heavy (non-hydrogen) atoms. The molecule has 2 unspecified atom stereocenters. The molecule has 0 bridgehead atoms. The van der Waals surface area contributed by atoms with E-state index in [0.29, 0.717) is 11.5 Å². The van der Waals surface area contributed by atoms with Crippen LogP contribution in [0.4, 0.5) is 0 Å². The van der Waals surface area contributed by atoms with E-state index in [4.69, 9.17) is 0 Å². The fourth-order valence-electron chi connectivity index (χ4n) is 3.25. The first kappa shape index (κ1) is 13.4. The summed E-state index contributed by atoms with van der Waals surface area (Å²) in [6, 6.07) is 1.45. The molecule has 2 nitrogen and oxygen atoms in total. The summed E-state index contributed by atoms with van der Waals surface area (Å²) in [6.07, 6.45) is 11.2. The molecule has 2 N–H and O–H groups in total. The fraction of sp³-hybridized carbons (Fsp3) is 1.00. The summed E-state index contributed by atoms with van der Waals surface area (Å²) in [6.45, 7) is 7.17. The number of nitrogens with one attached hydrogen (secondary N) is 2. The van der Waals surface area contributed by atoms with Gasteiger partial charge in [-0.05, 0) is 57.4 Å². The van der Waals surface area contributed by atoms with Crippen molar-refractivity contribution in [3.8, 4) is 0 Å². The van der Waals surface area contributed by atoms with Crippen LogP contribution < -0.4 is 10.6 Å². The van der Waals surface area contributed by atoms with Gasteiger partial charge in [0.05, 0.1) is 0 Å². The predicted octanol–water partition coefficient (Wildman–Crippen LogP) is 3.08. The van der Waals surface area contributed by atoms with Crippen LogP contribution in [0, 0.1) is 5.41 Å². The Morgan fingerprint density at radius 2 is 2.18 bits per heavy atom. The topological polar surface area (TPSA) is 24.1 Å². The van der Waals surface area contributed by atoms with Gasteiger partial charge in [-0.15, -0.1) is 0 Å². The molecule has 0 aromatic rings. The molecule has 100 valence electrons. The second-order valence-electron chi connectivity index (χ2n) is 6.41. The maximum absolute atomic E-state index is 3.78. The minimum absolute atomic E-state index is 0.680. The highest BCUT2D eigenvalue weighted by molar-refractivity contribution is 4.95. The molecular formula is C15H30N2. The van der Waals surface area contributed by atoms with Crippen molar-refractivity contribution in [3.05, 3.63) is 0 Å². The zero-order valence-corrected chi connectivity index (χ0v) is 11.7. The SMILES string of the molecule is CCCC1(CNC(C)CC2CCCCN2)CC1. The molecule has 0 aromatic carbocycles. The summed E-state index contributed by atoms with van der Waals surface area (Å²) < 4.78 is 0. The van der Waals surface area contributed by atoms with Gasteiger partial charge in [-0.2, -0.15) is 0 Å². The Kier molecular flexibility index (Phi) is 4.87. The average molecular weight is 238 g/mol. The molecule has 1 aliphatic heterocycles. The van der Waals surface area contributed by atoms with Crippen molar-refractivity contribution < 1.29 is 0 Å². The van der Waals surface area contributed by atoms with E-state index in [1.165, 1.54) is 64.5 Å². The first-order valence-corrected chi connectivity index (χ1v) is 7.71. The average Bonchev–Trinajstić information content (AvgIpc) is 3.09. The van der Waals surface area contributed by atoms with Crippen molar-refractivity contribution >= 4 is 0 Å². The molecular weight excluding hydrogens is 208 g/mol. The number of hydrogen-bond acceptors (Lipinski definition) is 2. The molecule has 0 aromatic heterocycles. The Morgan fingerprint density at radius 3 is 2.76 bits per heavy atom. The van der Waals surface area contributed by atoms with Crippen LogP contribution in [0.5, 0.6) is 0 Å². The van der Waals surface area contributed by atoms with Gasteiger partial charge in [0.2, 0.25) is 0 Å². The van der Waals surface area contributed by atoms with Crippen molar-refractivity contribution in [3.63, 3.8) is 0 Å². The number of piperidine rings is 1. The van der Waals surface area contributed by atoms with Crippen LogP contribution in [0.2, 0.25) is 0 Å². The van der Waals surface area contributed by atoms with Crippen molar-refractivity contribution in [2.24, 2.45) is 5.41 Å². The van der Waals surface area contributed by atoms with E-state index in [-0.39, 0.29) is 0 Å². The van der Waals surface area contributed by atoms with Crippen LogP contribution in [0.25, 0.3) is 0 Å². The normalized spacial score (nSPS) is 28.9. The van der Waals surface area contributed by atoms with Crippen molar-refractivity contribution in [1.82, 2.24) is 10.6 Å². The zero-order chi connectivity index (χ0) is 12.1. The number of hydrogen-bond donors (Lipinski definition) is 2. The van der Waals surface area contributed by atoms with Gasteiger partial charge < -0.3 is 10.6 Å². The summed E-state index contributed by atoms with van der Waals surface area (Å²) in [5, 5.41) is 7.43. The van der Waals surface area contributed by atoms with Crippen LogP contribution in [0.1, 0.15) is 65.2 Å². The van der Waals surface area contributed by atoms with E-state index in [2.05, 4.69) is 24.5 Å². The predicted molar refractivity (Wildman–Crippen MR) is 74.3 cm³/mol. The van der Waals surface area contributed by atoms with Crippen LogP contribution in [-0.2, 0) is 0 Å². The molecule has 2 atom stereocenters. The lowest BCUT2D eigenvalue weighted by Gasteiger charge is -2.27. The standard InChI is InChI=1S/C15H30N2/c1-3-7-15(8-9-15)12-17-13(2)11-14-6-4-5-10-16-14/h13-14,16-17H,3-12H2,1-2H3. The summed E-state index contributed by atoms with van der Waals surface area (Å²) in [4.78, 5) is 0. The number of rotatable bonds is 7. The Balaban J connectivity index is 1.61. The fourth-order valence-corrected chi connectivity index (χ4v) is 3.25. The highest BCUT2D eigenvalue weighted by Crippen LogP contribution is 2.49. The lowest BCUT2D eigenvalue weighted by atomic mass is 9.97. The third-order valence-corrected chi connectivity index (χ3v) is 4.61. The smallest absolute Gasteiger partial charge is 0.00817 e. The van der Waals surface area contributed by atoms with Crippen LogP contribution >= 0.6 is 0 Å². The Hall–Kier alpha value is -0.0800. The van der Waals surface area contributed by atoms with Gasteiger partial charge in [-0.3, -0.25) is 0 Å². The van der Waals surface area contributed by atoms with E-state index >= 15 is 0 Å². The van der Waals surface area contributed by atoms with E-state index < -0.39 is 0 Å². The van der Waals surface area contributed by atoms with Crippen LogP contribution in [0.15, 0.2) is 0 Å². The van der Waals surface area contributed by atoms with E-state index in [9.17, 15) is 0 Å². The summed E-state index contributed by atoms with van der Waals surface area (Å²) >= 11 is 0. The Morgan fingerprint density at radius 1 is 1.35 bits per heavy atom. The minimum Gasteiger partial charge on any atom is -0.314 e. The summed E-state index contributed by atoms with van der Waals surface area (Å²) in [7, 11) is 0. The van der Waals surface area contributed by atoms with Gasteiger partial charge in [-0.1, -0.05) is 19.8 Å². The molecule has 0 radical (unpaired) electrons. The third-order valence-electron chi connectivity index (χ3n) is 4.61. The van der Waals surface area contributed by atoms with Gasteiger partial charge in [0.25, 0.3) is 0 Å². The van der Waals surface area contributed by atoms with E-state index in [0.717, 1.165) is 6.04 Å². The molecule has 0 amide bonds. The van der Waals surface area contributed by atoms with Crippen molar-refractivity contribution in [2.75, 3.05) is 13.1 Å². The zero-order valence-electron chi connectivity index (χ0n) is 11.7. The lowest BCUT2D eigenvalue weighted by molar-refractivity contribution is 0.324. The van der Waals surface area contributed by atoms with Gasteiger partial charge in [-0.25, -0.2) is 0 Å². The van der Waals surface area contributed by atoms with E-state index in [1.54, 1.807) is 0 Å². The maximum atomic E-state index is 3.78. The van der Waals surface area contributed by atoms with Gasteiger partial charge in [0, 0.05) is 18.6 Å². The first-order chi connectivity index (χ1) is 8.24. The van der Waals surface area contributed by atoms with E-state index in [1.807, 2.05) is 0 Å². The lowest BCUT2D eigenvalue weighted by Crippen LogP contribution is -2.41. The van der Waals surface area contributed by atoms with Crippen LogP contribution in [0.3, 0.4) is 0 Å². The van der Waals surface area contributed by atoms with Gasteiger partial charge >= 0.3 is 0 Å². The van der Waals surface area contributed by atoms with Crippen molar-refractivity contribution in [2.45, 2.75) is 77.3 Å². The van der Waals surface area contributed by atoms with Gasteiger partial charge in [0.15, 0.2) is 0 Å². The molecule has 2 aliphatic rings. The minimum atomic E-state index is 0.680. The Labute approximate surface area is 107 Å². The highest BCUT2D eigenvalue weighted by Gasteiger charge is 2.41. The molecule has 2 fully saturated rings.